The van der Waals surface area contributed by atoms with Gasteiger partial charge in [-0.1, -0.05) is 46.3 Å². The van der Waals surface area contributed by atoms with E-state index in [-0.39, 0.29) is 6.09 Å². The quantitative estimate of drug-likeness (QED) is 0.823. The van der Waals surface area contributed by atoms with Gasteiger partial charge in [0.1, 0.15) is 5.60 Å². The van der Waals surface area contributed by atoms with Crippen LogP contribution in [0.15, 0.2) is 46.9 Å². The Balaban J connectivity index is 1.49. The molecule has 4 rings (SSSR count). The Labute approximate surface area is 155 Å². The van der Waals surface area contributed by atoms with Gasteiger partial charge in [-0.25, -0.2) is 4.79 Å². The first-order valence-electron chi connectivity index (χ1n) is 8.57. The Morgan fingerprint density at radius 2 is 2.04 bits per heavy atom. The molecule has 0 saturated heterocycles. The second kappa shape index (κ2) is 6.81. The predicted octanol–water partition coefficient (Wildman–Crippen LogP) is 4.44. The van der Waals surface area contributed by atoms with E-state index in [2.05, 4.69) is 33.4 Å². The zero-order chi connectivity index (χ0) is 17.3. The van der Waals surface area contributed by atoms with Gasteiger partial charge in [0, 0.05) is 16.6 Å². The summed E-state index contributed by atoms with van der Waals surface area (Å²) in [5.74, 6) is 0. The van der Waals surface area contributed by atoms with Crippen molar-refractivity contribution in [2.75, 3.05) is 6.61 Å². The molecule has 2 aromatic rings. The maximum absolute atomic E-state index is 12.3. The lowest BCUT2D eigenvalue weighted by atomic mass is 9.93. The molecule has 1 heterocycles. The Morgan fingerprint density at radius 1 is 1.24 bits per heavy atom. The molecule has 5 heteroatoms. The Morgan fingerprint density at radius 3 is 2.80 bits per heavy atom. The molecular weight excluding hydrogens is 382 g/mol. The first-order valence-corrected chi connectivity index (χ1v) is 9.36. The van der Waals surface area contributed by atoms with Crippen LogP contribution in [0.3, 0.4) is 0 Å². The molecule has 4 nitrogen and oxygen atoms in total. The number of halogens is 1. The maximum atomic E-state index is 12.3. The van der Waals surface area contributed by atoms with Crippen LogP contribution in [0, 0.1) is 0 Å². The van der Waals surface area contributed by atoms with Crippen molar-refractivity contribution in [1.29, 1.82) is 0 Å². The van der Waals surface area contributed by atoms with Gasteiger partial charge in [0.15, 0.2) is 0 Å². The molecule has 1 aliphatic heterocycles. The van der Waals surface area contributed by atoms with Crippen molar-refractivity contribution in [2.24, 2.45) is 0 Å². The molecule has 1 fully saturated rings. The molecule has 0 spiro atoms. The SMILES string of the molecule is O=C(NCc1ccccc1)OC1(c2cc(Br)cc3c2COCC3)CC1. The van der Waals surface area contributed by atoms with E-state index in [1.54, 1.807) is 0 Å². The highest BCUT2D eigenvalue weighted by molar-refractivity contribution is 9.10. The molecule has 0 atom stereocenters. The average molecular weight is 402 g/mol. The van der Waals surface area contributed by atoms with Gasteiger partial charge in [0.25, 0.3) is 0 Å². The van der Waals surface area contributed by atoms with Crippen LogP contribution in [0.2, 0.25) is 0 Å². The molecule has 1 N–H and O–H groups in total. The fourth-order valence-electron chi connectivity index (χ4n) is 3.37. The summed E-state index contributed by atoms with van der Waals surface area (Å²) in [6, 6.07) is 14.1. The highest BCUT2D eigenvalue weighted by atomic mass is 79.9. The summed E-state index contributed by atoms with van der Waals surface area (Å²) >= 11 is 3.59. The summed E-state index contributed by atoms with van der Waals surface area (Å²) in [5.41, 5.74) is 4.11. The van der Waals surface area contributed by atoms with Gasteiger partial charge in [-0.2, -0.15) is 0 Å². The molecular formula is C20H20BrNO3. The van der Waals surface area contributed by atoms with Crippen LogP contribution in [0.4, 0.5) is 4.79 Å². The van der Waals surface area contributed by atoms with Crippen LogP contribution < -0.4 is 5.32 Å². The van der Waals surface area contributed by atoms with Gasteiger partial charge >= 0.3 is 6.09 Å². The smallest absolute Gasteiger partial charge is 0.408 e. The van der Waals surface area contributed by atoms with Gasteiger partial charge < -0.3 is 14.8 Å². The largest absolute Gasteiger partial charge is 0.438 e. The Bertz CT molecular complexity index is 787. The highest BCUT2D eigenvalue weighted by Gasteiger charge is 2.50. The molecule has 1 saturated carbocycles. The topological polar surface area (TPSA) is 47.6 Å². The maximum Gasteiger partial charge on any atom is 0.408 e. The van der Waals surface area contributed by atoms with Crippen molar-refractivity contribution < 1.29 is 14.3 Å². The van der Waals surface area contributed by atoms with E-state index in [1.807, 2.05) is 30.3 Å². The number of alkyl carbamates (subject to hydrolysis) is 1. The molecule has 130 valence electrons. The number of ether oxygens (including phenoxy) is 2. The number of amides is 1. The molecule has 0 unspecified atom stereocenters. The van der Waals surface area contributed by atoms with E-state index < -0.39 is 5.60 Å². The molecule has 1 amide bonds. The number of carbonyl (C=O) groups is 1. The van der Waals surface area contributed by atoms with Crippen LogP contribution in [0.5, 0.6) is 0 Å². The average Bonchev–Trinajstić information content (AvgIpc) is 3.40. The fourth-order valence-corrected chi connectivity index (χ4v) is 3.88. The molecule has 0 bridgehead atoms. The summed E-state index contributed by atoms with van der Waals surface area (Å²) in [5, 5.41) is 2.86. The number of carbonyl (C=O) groups excluding carboxylic acids is 1. The Kier molecular flexibility index (Phi) is 4.52. The normalized spacial score (nSPS) is 17.5. The van der Waals surface area contributed by atoms with Crippen molar-refractivity contribution in [3.63, 3.8) is 0 Å². The van der Waals surface area contributed by atoms with Crippen LogP contribution in [-0.2, 0) is 34.6 Å². The van der Waals surface area contributed by atoms with E-state index in [9.17, 15) is 4.79 Å². The third-order valence-corrected chi connectivity index (χ3v) is 5.29. The minimum atomic E-state index is -0.505. The van der Waals surface area contributed by atoms with Gasteiger partial charge in [-0.05, 0) is 48.1 Å². The molecule has 0 radical (unpaired) electrons. The zero-order valence-corrected chi connectivity index (χ0v) is 15.5. The number of nitrogens with one attached hydrogen (secondary N) is 1. The van der Waals surface area contributed by atoms with Crippen molar-refractivity contribution >= 4 is 22.0 Å². The fraction of sp³-hybridized carbons (Fsp3) is 0.350. The summed E-state index contributed by atoms with van der Waals surface area (Å²) in [6.07, 6.45) is 2.24. The lowest BCUT2D eigenvalue weighted by Gasteiger charge is -2.25. The number of rotatable bonds is 4. The van der Waals surface area contributed by atoms with E-state index in [0.717, 1.165) is 41.5 Å². The molecule has 1 aliphatic carbocycles. The summed E-state index contributed by atoms with van der Waals surface area (Å²) < 4.78 is 12.5. The molecule has 25 heavy (non-hydrogen) atoms. The number of benzene rings is 2. The van der Waals surface area contributed by atoms with Crippen molar-refractivity contribution in [2.45, 2.75) is 38.0 Å². The van der Waals surface area contributed by atoms with Gasteiger partial charge in [-0.15, -0.1) is 0 Å². The van der Waals surface area contributed by atoms with Crippen molar-refractivity contribution in [3.05, 3.63) is 69.2 Å². The van der Waals surface area contributed by atoms with Gasteiger partial charge in [0.2, 0.25) is 0 Å². The lowest BCUT2D eigenvalue weighted by molar-refractivity contribution is 0.0739. The first-order chi connectivity index (χ1) is 12.2. The van der Waals surface area contributed by atoms with E-state index >= 15 is 0 Å². The van der Waals surface area contributed by atoms with Gasteiger partial charge in [0.05, 0.1) is 13.2 Å². The number of fused-ring (bicyclic) bond motifs is 1. The predicted molar refractivity (Wildman–Crippen MR) is 98.2 cm³/mol. The van der Waals surface area contributed by atoms with Crippen LogP contribution in [0.25, 0.3) is 0 Å². The minimum absolute atomic E-state index is 0.369. The summed E-state index contributed by atoms with van der Waals surface area (Å²) in [4.78, 5) is 12.3. The minimum Gasteiger partial charge on any atom is -0.438 e. The standard InChI is InChI=1S/C20H20BrNO3/c21-16-10-15-6-9-24-13-17(15)18(11-16)20(7-8-20)25-19(23)22-12-14-4-2-1-3-5-14/h1-5,10-11H,6-9,12-13H2,(H,22,23). The second-order valence-corrected chi connectivity index (χ2v) is 7.53. The van der Waals surface area contributed by atoms with Crippen molar-refractivity contribution in [1.82, 2.24) is 5.32 Å². The van der Waals surface area contributed by atoms with E-state index in [1.165, 1.54) is 11.1 Å². The molecule has 0 aromatic heterocycles. The second-order valence-electron chi connectivity index (χ2n) is 6.62. The zero-order valence-electron chi connectivity index (χ0n) is 13.9. The third-order valence-electron chi connectivity index (χ3n) is 4.83. The molecule has 2 aromatic carbocycles. The lowest BCUT2D eigenvalue weighted by Crippen LogP contribution is -2.30. The summed E-state index contributed by atoms with van der Waals surface area (Å²) in [6.45, 7) is 1.80. The van der Waals surface area contributed by atoms with Crippen LogP contribution >= 0.6 is 15.9 Å². The van der Waals surface area contributed by atoms with E-state index in [4.69, 9.17) is 9.47 Å². The summed E-state index contributed by atoms with van der Waals surface area (Å²) in [7, 11) is 0. The van der Waals surface area contributed by atoms with Gasteiger partial charge in [-0.3, -0.25) is 0 Å². The Hall–Kier alpha value is -1.85. The first kappa shape index (κ1) is 16.6. The molecule has 2 aliphatic rings. The third kappa shape index (κ3) is 3.58. The monoisotopic (exact) mass is 401 g/mol. The van der Waals surface area contributed by atoms with E-state index in [0.29, 0.717) is 13.2 Å². The highest BCUT2D eigenvalue weighted by Crippen LogP contribution is 2.52. The van der Waals surface area contributed by atoms with Crippen LogP contribution in [0.1, 0.15) is 35.1 Å². The number of hydrogen-bond acceptors (Lipinski definition) is 3. The van der Waals surface area contributed by atoms with Crippen LogP contribution in [-0.4, -0.2) is 12.7 Å². The van der Waals surface area contributed by atoms with Crippen molar-refractivity contribution in [3.8, 4) is 0 Å². The number of hydrogen-bond donors (Lipinski definition) is 1.